The van der Waals surface area contributed by atoms with E-state index in [2.05, 4.69) is 5.32 Å². The molecule has 2 heterocycles. The molecule has 124 valence electrons. The van der Waals surface area contributed by atoms with Crippen molar-refractivity contribution >= 4 is 11.8 Å². The minimum absolute atomic E-state index is 0.0354. The monoisotopic (exact) mass is 330 g/mol. The molecule has 1 aromatic carbocycles. The van der Waals surface area contributed by atoms with Crippen molar-refractivity contribution in [3.05, 3.63) is 53.3 Å². The first kappa shape index (κ1) is 15.6. The van der Waals surface area contributed by atoms with Crippen LogP contribution in [0.5, 0.6) is 11.5 Å². The first-order valence-electron chi connectivity index (χ1n) is 7.16. The van der Waals surface area contributed by atoms with Gasteiger partial charge < -0.3 is 20.5 Å². The van der Waals surface area contributed by atoms with E-state index in [9.17, 15) is 9.59 Å². The van der Waals surface area contributed by atoms with Gasteiger partial charge in [-0.15, -0.1) is 0 Å². The maximum Gasteiger partial charge on any atom is 0.334 e. The van der Waals surface area contributed by atoms with Gasteiger partial charge >= 0.3 is 11.6 Å². The first-order valence-corrected chi connectivity index (χ1v) is 7.16. The van der Waals surface area contributed by atoms with Crippen molar-refractivity contribution in [3.63, 3.8) is 0 Å². The van der Waals surface area contributed by atoms with Crippen LogP contribution < -0.4 is 30.1 Å². The van der Waals surface area contributed by atoms with Crippen LogP contribution in [0.25, 0.3) is 0 Å². The van der Waals surface area contributed by atoms with Crippen LogP contribution in [0.15, 0.2) is 36.5 Å². The second kappa shape index (κ2) is 6.45. The number of ether oxygens (including phenoxy) is 2. The molecule has 0 spiro atoms. The van der Waals surface area contributed by atoms with Crippen molar-refractivity contribution in [1.29, 1.82) is 0 Å². The maximum absolute atomic E-state index is 12.5. The number of fused-ring (bicyclic) bond motifs is 1. The summed E-state index contributed by atoms with van der Waals surface area (Å²) in [7, 11) is 1.39. The molecule has 2 aromatic rings. The van der Waals surface area contributed by atoms with E-state index >= 15 is 0 Å². The molecule has 3 rings (SSSR count). The summed E-state index contributed by atoms with van der Waals surface area (Å²) >= 11 is 0. The van der Waals surface area contributed by atoms with Crippen LogP contribution in [0, 0.1) is 0 Å². The van der Waals surface area contributed by atoms with E-state index in [1.165, 1.54) is 24.1 Å². The molecule has 0 aliphatic carbocycles. The lowest BCUT2D eigenvalue weighted by Crippen LogP contribution is -2.50. The number of hydrogen-bond acceptors (Lipinski definition) is 5. The van der Waals surface area contributed by atoms with Gasteiger partial charge in [0.2, 0.25) is 13.0 Å². The molecule has 0 unspecified atom stereocenters. The molecule has 0 radical (unpaired) electrons. The zero-order chi connectivity index (χ0) is 17.1. The molecule has 0 fully saturated rings. The predicted molar refractivity (Wildman–Crippen MR) is 81.4 cm³/mol. The molecule has 0 bridgehead atoms. The molecule has 0 atom stereocenters. The smallest absolute Gasteiger partial charge is 0.334 e. The number of carbonyl (C=O) groups is 2. The SMILES string of the molecule is CO[n+]1cccc(C(N)=O)c1C(=O)NCc1ccc2c(c1)OCO2. The Hall–Kier alpha value is -3.29. The largest absolute Gasteiger partial charge is 0.454 e. The van der Waals surface area contributed by atoms with Crippen LogP contribution in [-0.2, 0) is 6.54 Å². The summed E-state index contributed by atoms with van der Waals surface area (Å²) in [6.45, 7) is 0.428. The second-order valence-electron chi connectivity index (χ2n) is 5.01. The number of benzene rings is 1. The van der Waals surface area contributed by atoms with E-state index in [4.69, 9.17) is 20.0 Å². The summed E-state index contributed by atoms with van der Waals surface area (Å²) in [6, 6.07) is 8.41. The number of nitrogens with zero attached hydrogens (tertiary/aromatic N) is 1. The van der Waals surface area contributed by atoms with Gasteiger partial charge in [-0.05, 0) is 23.8 Å². The Labute approximate surface area is 137 Å². The third kappa shape index (κ3) is 2.94. The number of aromatic nitrogens is 1. The lowest BCUT2D eigenvalue weighted by Gasteiger charge is -2.07. The Kier molecular flexibility index (Phi) is 4.19. The van der Waals surface area contributed by atoms with E-state index in [1.807, 2.05) is 6.07 Å². The zero-order valence-electron chi connectivity index (χ0n) is 12.9. The summed E-state index contributed by atoms with van der Waals surface area (Å²) in [5.74, 6) is 0.103. The third-order valence-corrected chi connectivity index (χ3v) is 3.53. The van der Waals surface area contributed by atoms with Crippen LogP contribution in [0.4, 0.5) is 0 Å². The highest BCUT2D eigenvalue weighted by Gasteiger charge is 2.28. The average molecular weight is 330 g/mol. The normalized spacial score (nSPS) is 11.9. The van der Waals surface area contributed by atoms with Crippen molar-refractivity contribution in [2.45, 2.75) is 6.54 Å². The summed E-state index contributed by atoms with van der Waals surface area (Å²) in [6.07, 6.45) is 1.52. The van der Waals surface area contributed by atoms with Gasteiger partial charge in [0.05, 0.1) is 0 Å². The second-order valence-corrected chi connectivity index (χ2v) is 5.01. The summed E-state index contributed by atoms with van der Waals surface area (Å²) in [4.78, 5) is 29.1. The molecule has 1 aromatic heterocycles. The van der Waals surface area contributed by atoms with Crippen molar-refractivity contribution in [2.75, 3.05) is 13.9 Å². The quantitative estimate of drug-likeness (QED) is 0.738. The van der Waals surface area contributed by atoms with E-state index in [-0.39, 0.29) is 24.6 Å². The van der Waals surface area contributed by atoms with Crippen LogP contribution in [-0.4, -0.2) is 25.7 Å². The van der Waals surface area contributed by atoms with E-state index in [0.29, 0.717) is 11.5 Å². The molecule has 0 saturated heterocycles. The van der Waals surface area contributed by atoms with Gasteiger partial charge in [0.1, 0.15) is 12.7 Å². The maximum atomic E-state index is 12.5. The molecule has 8 heteroatoms. The van der Waals surface area contributed by atoms with Crippen molar-refractivity contribution in [3.8, 4) is 11.5 Å². The number of hydrogen-bond donors (Lipinski definition) is 2. The fourth-order valence-corrected chi connectivity index (χ4v) is 2.38. The highest BCUT2D eigenvalue weighted by atomic mass is 16.7. The third-order valence-electron chi connectivity index (χ3n) is 3.53. The van der Waals surface area contributed by atoms with Crippen LogP contribution in [0.3, 0.4) is 0 Å². The first-order chi connectivity index (χ1) is 11.6. The van der Waals surface area contributed by atoms with E-state index in [1.54, 1.807) is 18.2 Å². The Morgan fingerprint density at radius 3 is 2.83 bits per heavy atom. The number of nitrogens with two attached hydrogens (primary N) is 1. The Morgan fingerprint density at radius 1 is 1.29 bits per heavy atom. The highest BCUT2D eigenvalue weighted by Crippen LogP contribution is 2.32. The topological polar surface area (TPSA) is 104 Å². The van der Waals surface area contributed by atoms with Gasteiger partial charge in [-0.25, -0.2) is 0 Å². The summed E-state index contributed by atoms with van der Waals surface area (Å²) in [5, 5.41) is 2.73. The number of primary amides is 1. The zero-order valence-corrected chi connectivity index (χ0v) is 12.9. The van der Waals surface area contributed by atoms with Crippen molar-refractivity contribution in [1.82, 2.24) is 5.32 Å². The number of pyridine rings is 1. The van der Waals surface area contributed by atoms with Gasteiger partial charge in [-0.2, -0.15) is 0 Å². The summed E-state index contributed by atoms with van der Waals surface area (Å²) < 4.78 is 11.7. The molecule has 0 saturated carbocycles. The predicted octanol–water partition coefficient (Wildman–Crippen LogP) is -0.210. The van der Waals surface area contributed by atoms with Crippen molar-refractivity contribution < 1.29 is 28.6 Å². The van der Waals surface area contributed by atoms with Crippen LogP contribution in [0.2, 0.25) is 0 Å². The lowest BCUT2D eigenvalue weighted by atomic mass is 10.1. The van der Waals surface area contributed by atoms with Crippen LogP contribution >= 0.6 is 0 Å². The number of carbonyl (C=O) groups excluding carboxylic acids is 2. The Balaban J connectivity index is 1.79. The molecular formula is C16H16N3O5+. The number of nitrogens with one attached hydrogen (secondary N) is 1. The molecule has 3 N–H and O–H groups in total. The lowest BCUT2D eigenvalue weighted by molar-refractivity contribution is -0.886. The van der Waals surface area contributed by atoms with Gasteiger partial charge in [-0.3, -0.25) is 14.4 Å². The van der Waals surface area contributed by atoms with Gasteiger partial charge in [0.25, 0.3) is 5.91 Å². The average Bonchev–Trinajstić information content (AvgIpc) is 3.06. The van der Waals surface area contributed by atoms with E-state index in [0.717, 1.165) is 5.56 Å². The number of rotatable bonds is 5. The van der Waals surface area contributed by atoms with Crippen LogP contribution in [0.1, 0.15) is 26.4 Å². The standard InChI is InChI=1S/C16H15N3O5/c1-22-19-6-2-3-11(15(17)20)14(19)16(21)18-8-10-4-5-12-13(7-10)24-9-23-12/h2-7H,8-9H2,1H3,(H2-,17,18,20,21)/p+1. The fourth-order valence-electron chi connectivity index (χ4n) is 2.38. The fraction of sp³-hybridized carbons (Fsp3) is 0.188. The van der Waals surface area contributed by atoms with Crippen molar-refractivity contribution in [2.24, 2.45) is 5.73 Å². The number of amides is 2. The van der Waals surface area contributed by atoms with E-state index < -0.39 is 11.8 Å². The minimum atomic E-state index is -0.713. The molecule has 2 amide bonds. The van der Waals surface area contributed by atoms with Gasteiger partial charge in [-0.1, -0.05) is 6.07 Å². The molecular weight excluding hydrogens is 314 g/mol. The summed E-state index contributed by atoms with van der Waals surface area (Å²) in [5.41, 5.74) is 6.26. The Bertz CT molecular complexity index is 806. The van der Waals surface area contributed by atoms with Gasteiger partial charge in [0, 0.05) is 17.3 Å². The molecule has 24 heavy (non-hydrogen) atoms. The Morgan fingerprint density at radius 2 is 2.08 bits per heavy atom. The molecule has 8 nitrogen and oxygen atoms in total. The highest BCUT2D eigenvalue weighted by molar-refractivity contribution is 6.04. The molecule has 1 aliphatic rings. The molecule has 1 aliphatic heterocycles. The minimum Gasteiger partial charge on any atom is -0.454 e. The van der Waals surface area contributed by atoms with Gasteiger partial charge in [0.15, 0.2) is 11.5 Å².